The standard InChI is InChI=1S/C13H12BrNO/c1-2-10-3-5-12(6-4-10)16-13-7-11(14)8-15-9-13/h3-9H,2H2,1H3. The van der Waals surface area contributed by atoms with Crippen molar-refractivity contribution in [1.29, 1.82) is 0 Å². The summed E-state index contributed by atoms with van der Waals surface area (Å²) in [6.07, 6.45) is 4.46. The van der Waals surface area contributed by atoms with E-state index >= 15 is 0 Å². The van der Waals surface area contributed by atoms with E-state index in [1.807, 2.05) is 18.2 Å². The second-order valence-corrected chi connectivity index (χ2v) is 4.35. The predicted octanol–water partition coefficient (Wildman–Crippen LogP) is 4.20. The third-order valence-electron chi connectivity index (χ3n) is 2.25. The van der Waals surface area contributed by atoms with Crippen LogP contribution in [0.3, 0.4) is 0 Å². The van der Waals surface area contributed by atoms with Crippen LogP contribution in [-0.2, 0) is 6.42 Å². The van der Waals surface area contributed by atoms with Crippen molar-refractivity contribution in [3.8, 4) is 11.5 Å². The Bertz CT molecular complexity index is 468. The molecule has 0 atom stereocenters. The molecule has 0 saturated heterocycles. The van der Waals surface area contributed by atoms with Crippen LogP contribution in [0.2, 0.25) is 0 Å². The fourth-order valence-corrected chi connectivity index (χ4v) is 1.72. The number of aryl methyl sites for hydroxylation is 1. The van der Waals surface area contributed by atoms with Crippen LogP contribution in [0.25, 0.3) is 0 Å². The predicted molar refractivity (Wildman–Crippen MR) is 67.8 cm³/mol. The van der Waals surface area contributed by atoms with Crippen molar-refractivity contribution >= 4 is 15.9 Å². The summed E-state index contributed by atoms with van der Waals surface area (Å²) in [5, 5.41) is 0. The van der Waals surface area contributed by atoms with E-state index in [4.69, 9.17) is 4.74 Å². The van der Waals surface area contributed by atoms with Gasteiger partial charge in [0.25, 0.3) is 0 Å². The second kappa shape index (κ2) is 5.12. The summed E-state index contributed by atoms with van der Waals surface area (Å²) in [5.41, 5.74) is 1.31. The zero-order chi connectivity index (χ0) is 11.4. The third-order valence-corrected chi connectivity index (χ3v) is 2.68. The third kappa shape index (κ3) is 2.83. The number of pyridine rings is 1. The van der Waals surface area contributed by atoms with Gasteiger partial charge in [0.2, 0.25) is 0 Å². The van der Waals surface area contributed by atoms with Crippen molar-refractivity contribution in [3.63, 3.8) is 0 Å². The maximum absolute atomic E-state index is 5.67. The first-order valence-electron chi connectivity index (χ1n) is 5.15. The van der Waals surface area contributed by atoms with Gasteiger partial charge in [-0.2, -0.15) is 0 Å². The van der Waals surface area contributed by atoms with Crippen LogP contribution in [0.4, 0.5) is 0 Å². The Labute approximate surface area is 103 Å². The highest BCUT2D eigenvalue weighted by Gasteiger charge is 1.98. The van der Waals surface area contributed by atoms with Gasteiger partial charge in [-0.25, -0.2) is 0 Å². The molecule has 0 aliphatic carbocycles. The number of hydrogen-bond donors (Lipinski definition) is 0. The zero-order valence-corrected chi connectivity index (χ0v) is 10.6. The van der Waals surface area contributed by atoms with Crippen LogP contribution in [0.1, 0.15) is 12.5 Å². The van der Waals surface area contributed by atoms with Crippen LogP contribution in [0.15, 0.2) is 47.2 Å². The summed E-state index contributed by atoms with van der Waals surface area (Å²) in [4.78, 5) is 4.04. The van der Waals surface area contributed by atoms with Gasteiger partial charge in [0.1, 0.15) is 11.5 Å². The van der Waals surface area contributed by atoms with Gasteiger partial charge < -0.3 is 4.74 Å². The lowest BCUT2D eigenvalue weighted by Crippen LogP contribution is -1.86. The van der Waals surface area contributed by atoms with E-state index in [1.165, 1.54) is 5.56 Å². The molecule has 16 heavy (non-hydrogen) atoms. The Balaban J connectivity index is 2.14. The lowest BCUT2D eigenvalue weighted by molar-refractivity contribution is 0.479. The van der Waals surface area contributed by atoms with Gasteiger partial charge in [-0.1, -0.05) is 19.1 Å². The number of rotatable bonds is 3. The molecule has 1 aromatic carbocycles. The number of aromatic nitrogens is 1. The summed E-state index contributed by atoms with van der Waals surface area (Å²) >= 11 is 3.36. The molecule has 0 aliphatic rings. The number of nitrogens with zero attached hydrogens (tertiary/aromatic N) is 1. The first-order valence-corrected chi connectivity index (χ1v) is 5.94. The summed E-state index contributed by atoms with van der Waals surface area (Å²) in [6.45, 7) is 2.13. The zero-order valence-electron chi connectivity index (χ0n) is 8.98. The Morgan fingerprint density at radius 2 is 1.88 bits per heavy atom. The number of hydrogen-bond acceptors (Lipinski definition) is 2. The van der Waals surface area contributed by atoms with Crippen molar-refractivity contribution in [2.45, 2.75) is 13.3 Å². The van der Waals surface area contributed by atoms with E-state index in [1.54, 1.807) is 12.4 Å². The average molecular weight is 278 g/mol. The summed E-state index contributed by atoms with van der Waals surface area (Å²) in [5.74, 6) is 1.57. The molecule has 0 bridgehead atoms. The Morgan fingerprint density at radius 3 is 2.50 bits per heavy atom. The Kier molecular flexibility index (Phi) is 3.57. The van der Waals surface area contributed by atoms with E-state index < -0.39 is 0 Å². The van der Waals surface area contributed by atoms with Gasteiger partial charge in [0.15, 0.2) is 0 Å². The SMILES string of the molecule is CCc1ccc(Oc2cncc(Br)c2)cc1. The van der Waals surface area contributed by atoms with Crippen LogP contribution in [0.5, 0.6) is 11.5 Å². The van der Waals surface area contributed by atoms with Gasteiger partial charge in [0.05, 0.1) is 6.20 Å². The van der Waals surface area contributed by atoms with E-state index in [9.17, 15) is 0 Å². The normalized spacial score (nSPS) is 10.1. The van der Waals surface area contributed by atoms with Crippen molar-refractivity contribution in [3.05, 3.63) is 52.8 Å². The largest absolute Gasteiger partial charge is 0.456 e. The van der Waals surface area contributed by atoms with Crippen molar-refractivity contribution in [1.82, 2.24) is 4.98 Å². The van der Waals surface area contributed by atoms with Crippen molar-refractivity contribution in [2.75, 3.05) is 0 Å². The first kappa shape index (κ1) is 11.1. The minimum absolute atomic E-state index is 0.735. The molecule has 3 heteroatoms. The number of halogens is 1. The van der Waals surface area contributed by atoms with Gasteiger partial charge in [-0.05, 0) is 46.1 Å². The molecule has 0 spiro atoms. The minimum atomic E-state index is 0.735. The Morgan fingerprint density at radius 1 is 1.12 bits per heavy atom. The second-order valence-electron chi connectivity index (χ2n) is 3.44. The molecule has 0 unspecified atom stereocenters. The first-order chi connectivity index (χ1) is 7.78. The van der Waals surface area contributed by atoms with E-state index in [-0.39, 0.29) is 0 Å². The van der Waals surface area contributed by atoms with E-state index in [0.29, 0.717) is 0 Å². The van der Waals surface area contributed by atoms with Crippen LogP contribution in [0, 0.1) is 0 Å². The molecule has 2 nitrogen and oxygen atoms in total. The van der Waals surface area contributed by atoms with E-state index in [0.717, 1.165) is 22.4 Å². The molecule has 0 radical (unpaired) electrons. The molecular formula is C13H12BrNO. The molecule has 0 amide bonds. The fourth-order valence-electron chi connectivity index (χ4n) is 1.38. The molecule has 0 saturated carbocycles. The van der Waals surface area contributed by atoms with E-state index in [2.05, 4.69) is 40.0 Å². The molecule has 82 valence electrons. The lowest BCUT2D eigenvalue weighted by Gasteiger charge is -2.05. The van der Waals surface area contributed by atoms with Crippen LogP contribution in [-0.4, -0.2) is 4.98 Å². The lowest BCUT2D eigenvalue weighted by atomic mass is 10.2. The van der Waals surface area contributed by atoms with Crippen LogP contribution < -0.4 is 4.74 Å². The monoisotopic (exact) mass is 277 g/mol. The molecule has 0 fully saturated rings. The quantitative estimate of drug-likeness (QED) is 0.839. The molecule has 2 rings (SSSR count). The summed E-state index contributed by atoms with van der Waals surface area (Å²) in [7, 11) is 0. The van der Waals surface area contributed by atoms with Crippen molar-refractivity contribution < 1.29 is 4.74 Å². The molecule has 0 aliphatic heterocycles. The highest BCUT2D eigenvalue weighted by atomic mass is 79.9. The van der Waals surface area contributed by atoms with Crippen LogP contribution >= 0.6 is 15.9 Å². The maximum atomic E-state index is 5.67. The topological polar surface area (TPSA) is 22.1 Å². The molecule has 1 aromatic heterocycles. The molecule has 1 heterocycles. The minimum Gasteiger partial charge on any atom is -0.456 e. The van der Waals surface area contributed by atoms with Crippen molar-refractivity contribution in [2.24, 2.45) is 0 Å². The fraction of sp³-hybridized carbons (Fsp3) is 0.154. The van der Waals surface area contributed by atoms with Gasteiger partial charge in [-0.3, -0.25) is 4.98 Å². The molecule has 2 aromatic rings. The maximum Gasteiger partial charge on any atom is 0.146 e. The average Bonchev–Trinajstić information content (AvgIpc) is 2.30. The van der Waals surface area contributed by atoms with Gasteiger partial charge in [-0.15, -0.1) is 0 Å². The number of benzene rings is 1. The highest BCUT2D eigenvalue weighted by Crippen LogP contribution is 2.23. The summed E-state index contributed by atoms with van der Waals surface area (Å²) < 4.78 is 6.58. The molecular weight excluding hydrogens is 266 g/mol. The smallest absolute Gasteiger partial charge is 0.146 e. The summed E-state index contributed by atoms with van der Waals surface area (Å²) in [6, 6.07) is 9.97. The highest BCUT2D eigenvalue weighted by molar-refractivity contribution is 9.10. The number of ether oxygens (including phenoxy) is 1. The Hall–Kier alpha value is -1.35. The molecule has 0 N–H and O–H groups in total. The van der Waals surface area contributed by atoms with Gasteiger partial charge in [0, 0.05) is 10.7 Å². The van der Waals surface area contributed by atoms with Gasteiger partial charge >= 0.3 is 0 Å².